The molecule has 1 fully saturated rings. The number of hydrogen-bond donors (Lipinski definition) is 0. The number of carbonyl (C=O) groups excluding carboxylic acids is 1. The third-order valence-corrected chi connectivity index (χ3v) is 3.59. The van der Waals surface area contributed by atoms with E-state index in [2.05, 4.69) is 26.8 Å². The molecular formula is C17H29NO2. The number of rotatable bonds is 6. The van der Waals surface area contributed by atoms with Crippen LogP contribution >= 0.6 is 0 Å². The Morgan fingerprint density at radius 1 is 1.40 bits per heavy atom. The van der Waals surface area contributed by atoms with Crippen LogP contribution in [0.2, 0.25) is 0 Å². The largest absolute Gasteiger partial charge is 0.494 e. The lowest BCUT2D eigenvalue weighted by Crippen LogP contribution is -2.34. The Bertz CT molecular complexity index is 382. The number of amides is 1. The molecule has 0 aromatic rings. The molecule has 0 radical (unpaired) electrons. The first-order valence-electron chi connectivity index (χ1n) is 7.85. The van der Waals surface area contributed by atoms with E-state index in [-0.39, 0.29) is 5.91 Å². The van der Waals surface area contributed by atoms with Gasteiger partial charge in [-0.1, -0.05) is 20.8 Å². The smallest absolute Gasteiger partial charge is 0.250 e. The first kappa shape index (κ1) is 16.8. The standard InChI is InChI=1S/C17H29NO2/c1-6-15(12-16(20-7-2)11-13(3)4)17(19)18-10-8-9-14(18)5/h11-14H,6-10H2,1-5H3/b15-12+,16-11+. The first-order chi connectivity index (χ1) is 9.49. The fraction of sp³-hybridized carbons (Fsp3) is 0.706. The van der Waals surface area contributed by atoms with Gasteiger partial charge in [-0.2, -0.15) is 0 Å². The predicted octanol–water partition coefficient (Wildman–Crippen LogP) is 3.91. The van der Waals surface area contributed by atoms with Gasteiger partial charge >= 0.3 is 0 Å². The van der Waals surface area contributed by atoms with Crippen molar-refractivity contribution in [1.82, 2.24) is 4.90 Å². The predicted molar refractivity (Wildman–Crippen MR) is 83.3 cm³/mol. The summed E-state index contributed by atoms with van der Waals surface area (Å²) in [6.07, 6.45) is 6.97. The lowest BCUT2D eigenvalue weighted by Gasteiger charge is -2.22. The number of carbonyl (C=O) groups is 1. The maximum atomic E-state index is 12.6. The summed E-state index contributed by atoms with van der Waals surface area (Å²) in [6.45, 7) is 11.9. The molecule has 0 saturated carbocycles. The molecule has 0 bridgehead atoms. The summed E-state index contributed by atoms with van der Waals surface area (Å²) in [6, 6.07) is 0.363. The summed E-state index contributed by atoms with van der Waals surface area (Å²) in [5.74, 6) is 1.40. The van der Waals surface area contributed by atoms with Gasteiger partial charge in [0.05, 0.1) is 6.61 Å². The van der Waals surface area contributed by atoms with Gasteiger partial charge in [0.1, 0.15) is 5.76 Å². The molecule has 0 N–H and O–H groups in total. The van der Waals surface area contributed by atoms with Crippen molar-refractivity contribution in [1.29, 1.82) is 0 Å². The molecule has 0 aromatic carbocycles. The van der Waals surface area contributed by atoms with Crippen molar-refractivity contribution < 1.29 is 9.53 Å². The summed E-state index contributed by atoms with van der Waals surface area (Å²) in [4.78, 5) is 14.6. The maximum Gasteiger partial charge on any atom is 0.250 e. The highest BCUT2D eigenvalue weighted by Crippen LogP contribution is 2.21. The zero-order chi connectivity index (χ0) is 15.1. The van der Waals surface area contributed by atoms with E-state index in [0.29, 0.717) is 18.6 Å². The Kier molecular flexibility index (Phi) is 6.83. The van der Waals surface area contributed by atoms with Crippen molar-refractivity contribution in [3.63, 3.8) is 0 Å². The lowest BCUT2D eigenvalue weighted by atomic mass is 10.1. The molecular weight excluding hydrogens is 250 g/mol. The normalized spacial score (nSPS) is 20.7. The van der Waals surface area contributed by atoms with Gasteiger partial charge in [-0.05, 0) is 51.2 Å². The molecule has 1 heterocycles. The molecule has 1 unspecified atom stereocenters. The molecule has 1 atom stereocenters. The van der Waals surface area contributed by atoms with Crippen LogP contribution in [-0.2, 0) is 9.53 Å². The van der Waals surface area contributed by atoms with Crippen molar-refractivity contribution in [2.45, 2.75) is 59.9 Å². The summed E-state index contributed by atoms with van der Waals surface area (Å²) in [7, 11) is 0. The van der Waals surface area contributed by atoms with E-state index >= 15 is 0 Å². The topological polar surface area (TPSA) is 29.5 Å². The number of nitrogens with zero attached hydrogens (tertiary/aromatic N) is 1. The summed E-state index contributed by atoms with van der Waals surface area (Å²) < 4.78 is 5.64. The molecule has 3 heteroatoms. The fourth-order valence-electron chi connectivity index (χ4n) is 2.54. The Hall–Kier alpha value is -1.25. The van der Waals surface area contributed by atoms with Crippen LogP contribution in [-0.4, -0.2) is 30.0 Å². The van der Waals surface area contributed by atoms with Gasteiger partial charge < -0.3 is 9.64 Å². The highest BCUT2D eigenvalue weighted by Gasteiger charge is 2.26. The monoisotopic (exact) mass is 279 g/mol. The van der Waals surface area contributed by atoms with E-state index in [0.717, 1.165) is 37.1 Å². The lowest BCUT2D eigenvalue weighted by molar-refractivity contribution is -0.127. The van der Waals surface area contributed by atoms with Gasteiger partial charge in [-0.15, -0.1) is 0 Å². The molecule has 0 aliphatic carbocycles. The van der Waals surface area contributed by atoms with Gasteiger partial charge in [0.15, 0.2) is 0 Å². The van der Waals surface area contributed by atoms with Crippen LogP contribution in [0.25, 0.3) is 0 Å². The van der Waals surface area contributed by atoms with Crippen LogP contribution in [0.4, 0.5) is 0 Å². The second-order valence-corrected chi connectivity index (χ2v) is 5.76. The molecule has 1 aliphatic rings. The van der Waals surface area contributed by atoms with Crippen LogP contribution in [0.3, 0.4) is 0 Å². The average molecular weight is 279 g/mol. The van der Waals surface area contributed by atoms with Crippen molar-refractivity contribution >= 4 is 5.91 Å². The zero-order valence-corrected chi connectivity index (χ0v) is 13.6. The summed E-state index contributed by atoms with van der Waals surface area (Å²) >= 11 is 0. The zero-order valence-electron chi connectivity index (χ0n) is 13.6. The molecule has 1 aliphatic heterocycles. The second-order valence-electron chi connectivity index (χ2n) is 5.76. The van der Waals surface area contributed by atoms with E-state index in [4.69, 9.17) is 4.74 Å². The minimum Gasteiger partial charge on any atom is -0.494 e. The maximum absolute atomic E-state index is 12.6. The SMILES string of the molecule is CCOC(=C/C(C)C)/C=C(\CC)C(=O)N1CCCC1C. The van der Waals surface area contributed by atoms with Crippen molar-refractivity contribution in [2.24, 2.45) is 5.92 Å². The van der Waals surface area contributed by atoms with E-state index in [9.17, 15) is 4.79 Å². The average Bonchev–Trinajstić information content (AvgIpc) is 2.80. The molecule has 1 saturated heterocycles. The molecule has 1 rings (SSSR count). The number of hydrogen-bond acceptors (Lipinski definition) is 2. The van der Waals surface area contributed by atoms with Crippen molar-refractivity contribution in [3.05, 3.63) is 23.5 Å². The van der Waals surface area contributed by atoms with Gasteiger partial charge in [-0.3, -0.25) is 4.79 Å². The van der Waals surface area contributed by atoms with E-state index in [1.54, 1.807) is 0 Å². The Morgan fingerprint density at radius 2 is 2.10 bits per heavy atom. The van der Waals surface area contributed by atoms with Crippen molar-refractivity contribution in [2.75, 3.05) is 13.2 Å². The Balaban J connectivity index is 2.91. The molecule has 1 amide bonds. The Morgan fingerprint density at radius 3 is 2.55 bits per heavy atom. The molecule has 0 aromatic heterocycles. The quantitative estimate of drug-likeness (QED) is 0.419. The molecule has 114 valence electrons. The molecule has 3 nitrogen and oxygen atoms in total. The van der Waals surface area contributed by atoms with E-state index < -0.39 is 0 Å². The summed E-state index contributed by atoms with van der Waals surface area (Å²) in [5.41, 5.74) is 0.846. The molecule has 0 spiro atoms. The summed E-state index contributed by atoms with van der Waals surface area (Å²) in [5, 5.41) is 0. The minimum atomic E-state index is 0.173. The highest BCUT2D eigenvalue weighted by molar-refractivity contribution is 5.94. The van der Waals surface area contributed by atoms with E-state index in [1.165, 1.54) is 0 Å². The third-order valence-electron chi connectivity index (χ3n) is 3.59. The van der Waals surface area contributed by atoms with Crippen LogP contribution < -0.4 is 0 Å². The fourth-order valence-corrected chi connectivity index (χ4v) is 2.54. The number of likely N-dealkylation sites (tertiary alicyclic amines) is 1. The van der Waals surface area contributed by atoms with Crippen molar-refractivity contribution in [3.8, 4) is 0 Å². The van der Waals surface area contributed by atoms with Crippen LogP contribution in [0.15, 0.2) is 23.5 Å². The number of allylic oxidation sites excluding steroid dienone is 2. The first-order valence-corrected chi connectivity index (χ1v) is 7.85. The Labute approximate surface area is 123 Å². The van der Waals surface area contributed by atoms with Gasteiger partial charge in [-0.25, -0.2) is 0 Å². The van der Waals surface area contributed by atoms with Gasteiger partial charge in [0.2, 0.25) is 5.91 Å². The second kappa shape index (κ2) is 8.13. The number of ether oxygens (including phenoxy) is 1. The van der Waals surface area contributed by atoms with Crippen LogP contribution in [0, 0.1) is 5.92 Å². The molecule has 20 heavy (non-hydrogen) atoms. The van der Waals surface area contributed by atoms with Crippen LogP contribution in [0.5, 0.6) is 0 Å². The highest BCUT2D eigenvalue weighted by atomic mass is 16.5. The third kappa shape index (κ3) is 4.69. The van der Waals surface area contributed by atoms with Gasteiger partial charge in [0.25, 0.3) is 0 Å². The van der Waals surface area contributed by atoms with Crippen LogP contribution in [0.1, 0.15) is 53.9 Å². The van der Waals surface area contributed by atoms with E-state index in [1.807, 2.05) is 24.8 Å². The van der Waals surface area contributed by atoms with Gasteiger partial charge in [0, 0.05) is 18.2 Å². The minimum absolute atomic E-state index is 0.173.